The Kier molecular flexibility index (Phi) is 4.20. The Balaban J connectivity index is 1.49. The van der Waals surface area contributed by atoms with Crippen LogP contribution in [-0.4, -0.2) is 15.0 Å². The smallest absolute Gasteiger partial charge is 0.0457 e. The van der Waals surface area contributed by atoms with Gasteiger partial charge in [-0.25, -0.2) is 0 Å². The highest BCUT2D eigenvalue weighted by Crippen LogP contribution is 2.41. The van der Waals surface area contributed by atoms with Gasteiger partial charge in [-0.15, -0.1) is 0 Å². The van der Waals surface area contributed by atoms with Gasteiger partial charge in [0, 0.05) is 57.2 Å². The monoisotopic (exact) mass is 403 g/mol. The molecule has 0 saturated heterocycles. The van der Waals surface area contributed by atoms with Gasteiger partial charge in [0.05, 0.1) is 0 Å². The van der Waals surface area contributed by atoms with Gasteiger partial charge >= 0.3 is 0 Å². The summed E-state index contributed by atoms with van der Waals surface area (Å²) >= 11 is 0. The molecule has 0 radical (unpaired) electrons. The maximum absolute atomic E-state index is 3.50. The van der Waals surface area contributed by atoms with E-state index in [0.29, 0.717) is 5.92 Å². The van der Waals surface area contributed by atoms with Gasteiger partial charge in [0.2, 0.25) is 0 Å². The first-order chi connectivity index (χ1) is 15.3. The van der Waals surface area contributed by atoms with E-state index in [-0.39, 0.29) is 5.92 Å². The summed E-state index contributed by atoms with van der Waals surface area (Å²) in [7, 11) is 0. The highest BCUT2D eigenvalue weighted by atomic mass is 14.7. The van der Waals surface area contributed by atoms with Crippen LogP contribution in [0.5, 0.6) is 0 Å². The second-order valence-corrected chi connectivity index (χ2v) is 8.56. The van der Waals surface area contributed by atoms with Crippen LogP contribution < -0.4 is 0 Å². The van der Waals surface area contributed by atoms with Gasteiger partial charge in [0.25, 0.3) is 0 Å². The fourth-order valence-electron chi connectivity index (χ4n) is 5.17. The number of hydrogen-bond donors (Lipinski definition) is 3. The molecule has 31 heavy (non-hydrogen) atoms. The lowest BCUT2D eigenvalue weighted by Gasteiger charge is -2.21. The zero-order chi connectivity index (χ0) is 20.8. The normalized spacial score (nSPS) is 13.0. The Bertz CT molecular complexity index is 1420. The third-order valence-electron chi connectivity index (χ3n) is 6.73. The number of hydrogen-bond acceptors (Lipinski definition) is 0. The summed E-state index contributed by atoms with van der Waals surface area (Å²) in [5.74, 6) is 0.694. The van der Waals surface area contributed by atoms with Gasteiger partial charge in [0.1, 0.15) is 0 Å². The molecule has 3 heteroatoms. The molecule has 3 aromatic carbocycles. The molecule has 0 spiro atoms. The third kappa shape index (κ3) is 2.97. The quantitative estimate of drug-likeness (QED) is 0.268. The molecule has 3 nitrogen and oxygen atoms in total. The molecule has 3 aromatic heterocycles. The van der Waals surface area contributed by atoms with Crippen LogP contribution in [0.15, 0.2) is 91.4 Å². The molecule has 0 saturated carbocycles. The van der Waals surface area contributed by atoms with Crippen molar-refractivity contribution in [2.24, 2.45) is 0 Å². The van der Waals surface area contributed by atoms with Gasteiger partial charge in [-0.2, -0.15) is 0 Å². The van der Waals surface area contributed by atoms with Crippen LogP contribution in [0.1, 0.15) is 41.9 Å². The first-order valence-corrected chi connectivity index (χ1v) is 11.0. The number of para-hydroxylation sites is 3. The second-order valence-electron chi connectivity index (χ2n) is 8.56. The van der Waals surface area contributed by atoms with Gasteiger partial charge in [-0.3, -0.25) is 0 Å². The van der Waals surface area contributed by atoms with Crippen LogP contribution in [0.2, 0.25) is 0 Å². The van der Waals surface area contributed by atoms with Crippen molar-refractivity contribution >= 4 is 32.7 Å². The Hall–Kier alpha value is -3.72. The number of rotatable bonds is 5. The number of aromatic nitrogens is 3. The predicted molar refractivity (Wildman–Crippen MR) is 130 cm³/mol. The van der Waals surface area contributed by atoms with E-state index in [1.807, 2.05) is 0 Å². The average molecular weight is 404 g/mol. The van der Waals surface area contributed by atoms with E-state index in [4.69, 9.17) is 0 Å². The fraction of sp³-hybridized carbons (Fsp3) is 0.143. The summed E-state index contributed by atoms with van der Waals surface area (Å²) in [5.41, 5.74) is 7.73. The molecule has 0 bridgehead atoms. The Labute approximate surface area is 181 Å². The lowest BCUT2D eigenvalue weighted by molar-refractivity contribution is 0.625. The van der Waals surface area contributed by atoms with E-state index in [1.54, 1.807) is 0 Å². The molecule has 0 aliphatic heterocycles. The summed E-state index contributed by atoms with van der Waals surface area (Å²) in [4.78, 5) is 10.5. The molecule has 0 amide bonds. The van der Waals surface area contributed by atoms with E-state index >= 15 is 0 Å². The maximum atomic E-state index is 3.50. The molecule has 152 valence electrons. The minimum Gasteiger partial charge on any atom is -0.361 e. The topological polar surface area (TPSA) is 47.4 Å². The second kappa shape index (κ2) is 7.21. The van der Waals surface area contributed by atoms with Crippen LogP contribution in [-0.2, 0) is 0 Å². The Morgan fingerprint density at radius 2 is 0.935 bits per heavy atom. The number of aromatic amines is 3. The van der Waals surface area contributed by atoms with Crippen LogP contribution in [0.3, 0.4) is 0 Å². The summed E-state index contributed by atoms with van der Waals surface area (Å²) < 4.78 is 0. The van der Waals surface area contributed by atoms with Crippen LogP contribution >= 0.6 is 0 Å². The zero-order valence-electron chi connectivity index (χ0n) is 17.5. The molecule has 0 fully saturated rings. The molecular formula is C28H25N3. The summed E-state index contributed by atoms with van der Waals surface area (Å²) in [6, 6.07) is 25.9. The van der Waals surface area contributed by atoms with Crippen molar-refractivity contribution < 1.29 is 0 Å². The van der Waals surface area contributed by atoms with E-state index < -0.39 is 0 Å². The molecule has 0 aliphatic rings. The first kappa shape index (κ1) is 18.1. The fourth-order valence-corrected chi connectivity index (χ4v) is 5.17. The van der Waals surface area contributed by atoms with Gasteiger partial charge in [-0.1, -0.05) is 61.5 Å². The van der Waals surface area contributed by atoms with Crippen molar-refractivity contribution in [2.75, 3.05) is 0 Å². The summed E-state index contributed by atoms with van der Waals surface area (Å²) in [6.07, 6.45) is 7.64. The van der Waals surface area contributed by atoms with Crippen LogP contribution in [0.25, 0.3) is 32.7 Å². The van der Waals surface area contributed by atoms with Crippen molar-refractivity contribution in [1.29, 1.82) is 0 Å². The van der Waals surface area contributed by atoms with Crippen LogP contribution in [0, 0.1) is 0 Å². The van der Waals surface area contributed by atoms with Gasteiger partial charge in [0.15, 0.2) is 0 Å². The minimum atomic E-state index is 0.288. The first-order valence-electron chi connectivity index (χ1n) is 11.0. The molecule has 3 heterocycles. The van der Waals surface area contributed by atoms with E-state index in [2.05, 4.69) is 113 Å². The average Bonchev–Trinajstić information content (AvgIpc) is 3.54. The summed E-state index contributed by atoms with van der Waals surface area (Å²) in [6.45, 7) is 2.35. The summed E-state index contributed by atoms with van der Waals surface area (Å²) in [5, 5.41) is 3.94. The predicted octanol–water partition coefficient (Wildman–Crippen LogP) is 7.46. The van der Waals surface area contributed by atoms with Crippen molar-refractivity contribution in [2.45, 2.75) is 25.2 Å². The molecule has 1 unspecified atom stereocenters. The molecule has 6 aromatic rings. The van der Waals surface area contributed by atoms with E-state index in [1.165, 1.54) is 49.4 Å². The Morgan fingerprint density at radius 1 is 0.548 bits per heavy atom. The molecular weight excluding hydrogens is 378 g/mol. The third-order valence-corrected chi connectivity index (χ3v) is 6.73. The lowest BCUT2D eigenvalue weighted by atomic mass is 9.81. The largest absolute Gasteiger partial charge is 0.361 e. The molecule has 3 N–H and O–H groups in total. The number of H-pyrrole nitrogens is 3. The van der Waals surface area contributed by atoms with Crippen molar-refractivity contribution in [3.63, 3.8) is 0 Å². The van der Waals surface area contributed by atoms with Gasteiger partial charge < -0.3 is 15.0 Å². The van der Waals surface area contributed by atoms with Crippen molar-refractivity contribution in [3.05, 3.63) is 108 Å². The number of nitrogens with one attached hydrogen (secondary N) is 3. The Morgan fingerprint density at radius 3 is 1.42 bits per heavy atom. The van der Waals surface area contributed by atoms with Crippen molar-refractivity contribution in [1.82, 2.24) is 15.0 Å². The highest BCUT2D eigenvalue weighted by molar-refractivity contribution is 5.88. The van der Waals surface area contributed by atoms with Crippen LogP contribution in [0.4, 0.5) is 0 Å². The van der Waals surface area contributed by atoms with E-state index in [9.17, 15) is 0 Å². The minimum absolute atomic E-state index is 0.288. The molecule has 0 aliphatic carbocycles. The maximum Gasteiger partial charge on any atom is 0.0457 e. The lowest BCUT2D eigenvalue weighted by Crippen LogP contribution is -2.05. The molecule has 1 atom stereocenters. The number of benzene rings is 3. The van der Waals surface area contributed by atoms with E-state index in [0.717, 1.165) is 6.42 Å². The zero-order valence-corrected chi connectivity index (χ0v) is 17.5. The molecule has 6 rings (SSSR count). The number of fused-ring (bicyclic) bond motifs is 3. The van der Waals surface area contributed by atoms with Crippen molar-refractivity contribution in [3.8, 4) is 0 Å². The standard InChI is InChI=1S/C28H25N3/c1-18(23-15-29-26-11-5-2-8-19(23)26)14-22(24-16-30-27-12-6-3-9-20(24)27)25-17-31-28-13-7-4-10-21(25)28/h2-13,15-18,22,29-31H,14H2,1H3. The highest BCUT2D eigenvalue weighted by Gasteiger charge is 2.25. The van der Waals surface area contributed by atoms with Gasteiger partial charge in [-0.05, 0) is 47.2 Å². The SMILES string of the molecule is CC(CC(c1c[nH]c2ccccc12)c1c[nH]c2ccccc12)c1c[nH]c2ccccc12.